The van der Waals surface area contributed by atoms with Crippen LogP contribution < -0.4 is 0 Å². The van der Waals surface area contributed by atoms with E-state index in [0.717, 1.165) is 0 Å². The fourth-order valence-electron chi connectivity index (χ4n) is 4.00. The van der Waals surface area contributed by atoms with Crippen LogP contribution >= 0.6 is 0 Å². The number of hydrogen-bond acceptors (Lipinski definition) is 6. The molecule has 1 aromatic rings. The maximum Gasteiger partial charge on any atom is 0.336 e. The molecular formula is C22H38N4O4. The highest BCUT2D eigenvalue weighted by atomic mass is 16.4. The fraction of sp³-hybridized carbons (Fsp3) is 0.636. The van der Waals surface area contributed by atoms with Gasteiger partial charge >= 0.3 is 11.9 Å². The fourth-order valence-corrected chi connectivity index (χ4v) is 4.00. The van der Waals surface area contributed by atoms with Gasteiger partial charge in [-0.3, -0.25) is 19.6 Å². The first kappa shape index (κ1) is 26.0. The Bertz CT molecular complexity index is 608. The molecule has 0 aromatic heterocycles. The average molecular weight is 423 g/mol. The van der Waals surface area contributed by atoms with E-state index < -0.39 is 11.9 Å². The van der Waals surface area contributed by atoms with Gasteiger partial charge in [-0.15, -0.1) is 0 Å². The predicted octanol–water partition coefficient (Wildman–Crippen LogP) is 2.28. The van der Waals surface area contributed by atoms with Crippen molar-refractivity contribution in [2.24, 2.45) is 0 Å². The van der Waals surface area contributed by atoms with Crippen molar-refractivity contribution in [1.82, 2.24) is 19.6 Å². The van der Waals surface area contributed by atoms with Crippen molar-refractivity contribution < 1.29 is 19.8 Å². The normalized spacial score (nSPS) is 19.1. The minimum atomic E-state index is -1.23. The molecule has 2 heterocycles. The number of rotatable bonds is 4. The van der Waals surface area contributed by atoms with Crippen LogP contribution in [0.5, 0.6) is 0 Å². The number of benzene rings is 1. The molecule has 3 rings (SSSR count). The lowest BCUT2D eigenvalue weighted by Crippen LogP contribution is -2.33. The lowest BCUT2D eigenvalue weighted by atomic mass is 10.1. The average Bonchev–Trinajstić information content (AvgIpc) is 3.22. The smallest absolute Gasteiger partial charge is 0.336 e. The summed E-state index contributed by atoms with van der Waals surface area (Å²) in [6.07, 6.45) is 3.88. The standard InChI is InChI=1S/C8H6O4.2C7H16N2/c9-7(10)5-3-1-2-4-6(5)8(11)12;2*1-4-7-8(2)5-6-9(7)3/h1-4H,(H,9,10)(H,11,12);2*7H,4-6H2,1-3H3. The van der Waals surface area contributed by atoms with E-state index in [1.165, 1.54) is 63.3 Å². The number of likely N-dealkylation sites (N-methyl/N-ethyl adjacent to an activating group) is 4. The van der Waals surface area contributed by atoms with Crippen molar-refractivity contribution in [2.75, 3.05) is 54.4 Å². The van der Waals surface area contributed by atoms with Crippen LogP contribution in [0.3, 0.4) is 0 Å². The number of carboxylic acids is 2. The number of hydrogen-bond donors (Lipinski definition) is 2. The number of aromatic carboxylic acids is 2. The molecule has 2 N–H and O–H groups in total. The van der Waals surface area contributed by atoms with Gasteiger partial charge in [0.2, 0.25) is 0 Å². The largest absolute Gasteiger partial charge is 0.478 e. The van der Waals surface area contributed by atoms with E-state index in [2.05, 4.69) is 61.6 Å². The Morgan fingerprint density at radius 3 is 1.17 bits per heavy atom. The number of carboxylic acid groups (broad SMARTS) is 2. The molecule has 8 nitrogen and oxygen atoms in total. The monoisotopic (exact) mass is 422 g/mol. The first-order valence-corrected chi connectivity index (χ1v) is 10.5. The second-order valence-electron chi connectivity index (χ2n) is 7.86. The van der Waals surface area contributed by atoms with Crippen molar-refractivity contribution in [1.29, 1.82) is 0 Å². The van der Waals surface area contributed by atoms with Crippen LogP contribution in [0.25, 0.3) is 0 Å². The summed E-state index contributed by atoms with van der Waals surface area (Å²) in [5.41, 5.74) is -0.380. The molecule has 0 saturated carbocycles. The van der Waals surface area contributed by atoms with Crippen LogP contribution in [0.15, 0.2) is 24.3 Å². The summed E-state index contributed by atoms with van der Waals surface area (Å²) in [6.45, 7) is 9.40. The Labute approximate surface area is 180 Å². The molecule has 30 heavy (non-hydrogen) atoms. The van der Waals surface area contributed by atoms with E-state index in [4.69, 9.17) is 10.2 Å². The summed E-state index contributed by atoms with van der Waals surface area (Å²) in [6, 6.07) is 5.48. The van der Waals surface area contributed by atoms with E-state index >= 15 is 0 Å². The first-order valence-electron chi connectivity index (χ1n) is 10.5. The summed E-state index contributed by atoms with van der Waals surface area (Å²) in [5.74, 6) is -2.46. The summed E-state index contributed by atoms with van der Waals surface area (Å²) >= 11 is 0. The highest BCUT2D eigenvalue weighted by Gasteiger charge is 2.24. The SMILES string of the molecule is CCC1N(C)CCN1C.CCC1N(C)CCN1C.O=C(O)c1ccccc1C(=O)O. The zero-order chi connectivity index (χ0) is 22.8. The van der Waals surface area contributed by atoms with Gasteiger partial charge in [0, 0.05) is 26.2 Å². The highest BCUT2D eigenvalue weighted by molar-refractivity contribution is 6.01. The van der Waals surface area contributed by atoms with Gasteiger partial charge in [-0.1, -0.05) is 26.0 Å². The molecule has 2 saturated heterocycles. The van der Waals surface area contributed by atoms with Gasteiger partial charge in [-0.05, 0) is 53.2 Å². The molecule has 2 aliphatic rings. The molecule has 0 unspecified atom stereocenters. The molecule has 0 radical (unpaired) electrons. The van der Waals surface area contributed by atoms with Crippen molar-refractivity contribution in [3.8, 4) is 0 Å². The zero-order valence-electron chi connectivity index (χ0n) is 19.2. The Kier molecular flexibility index (Phi) is 11.0. The quantitative estimate of drug-likeness (QED) is 0.764. The van der Waals surface area contributed by atoms with Crippen LogP contribution in [-0.4, -0.2) is 108 Å². The Morgan fingerprint density at radius 2 is 1.00 bits per heavy atom. The second-order valence-corrected chi connectivity index (χ2v) is 7.86. The topological polar surface area (TPSA) is 87.6 Å². The maximum absolute atomic E-state index is 10.5. The molecule has 0 amide bonds. The molecule has 0 bridgehead atoms. The van der Waals surface area contributed by atoms with E-state index in [1.54, 1.807) is 0 Å². The van der Waals surface area contributed by atoms with E-state index in [-0.39, 0.29) is 11.1 Å². The molecule has 1 aromatic carbocycles. The molecule has 0 aliphatic carbocycles. The lowest BCUT2D eigenvalue weighted by Gasteiger charge is -2.22. The minimum absolute atomic E-state index is 0.190. The van der Waals surface area contributed by atoms with Gasteiger partial charge in [-0.2, -0.15) is 0 Å². The van der Waals surface area contributed by atoms with Crippen LogP contribution in [-0.2, 0) is 0 Å². The third-order valence-corrected chi connectivity index (χ3v) is 5.76. The molecular weight excluding hydrogens is 384 g/mol. The van der Waals surface area contributed by atoms with Crippen molar-refractivity contribution in [3.05, 3.63) is 35.4 Å². The number of nitrogens with zero attached hydrogens (tertiary/aromatic N) is 4. The zero-order valence-corrected chi connectivity index (χ0v) is 19.2. The Balaban J connectivity index is 0.000000229. The Morgan fingerprint density at radius 1 is 0.733 bits per heavy atom. The van der Waals surface area contributed by atoms with Crippen LogP contribution in [0.4, 0.5) is 0 Å². The highest BCUT2D eigenvalue weighted by Crippen LogP contribution is 2.12. The van der Waals surface area contributed by atoms with Gasteiger partial charge in [-0.25, -0.2) is 9.59 Å². The van der Waals surface area contributed by atoms with Gasteiger partial charge in [0.15, 0.2) is 0 Å². The summed E-state index contributed by atoms with van der Waals surface area (Å²) in [5, 5.41) is 17.1. The van der Waals surface area contributed by atoms with E-state index in [1.807, 2.05) is 0 Å². The van der Waals surface area contributed by atoms with E-state index in [0.29, 0.717) is 12.3 Å². The first-order chi connectivity index (χ1) is 14.1. The van der Waals surface area contributed by atoms with Crippen LogP contribution in [0, 0.1) is 0 Å². The third-order valence-electron chi connectivity index (χ3n) is 5.76. The van der Waals surface area contributed by atoms with Gasteiger partial charge in [0.25, 0.3) is 0 Å². The van der Waals surface area contributed by atoms with Crippen LogP contribution in [0.2, 0.25) is 0 Å². The molecule has 2 aliphatic heterocycles. The second kappa shape index (κ2) is 12.6. The van der Waals surface area contributed by atoms with Crippen molar-refractivity contribution in [3.63, 3.8) is 0 Å². The molecule has 2 fully saturated rings. The van der Waals surface area contributed by atoms with E-state index in [9.17, 15) is 9.59 Å². The van der Waals surface area contributed by atoms with Crippen molar-refractivity contribution in [2.45, 2.75) is 39.0 Å². The molecule has 170 valence electrons. The summed E-state index contributed by atoms with van der Waals surface area (Å²) < 4.78 is 0. The predicted molar refractivity (Wildman–Crippen MR) is 119 cm³/mol. The minimum Gasteiger partial charge on any atom is -0.478 e. The molecule has 0 spiro atoms. The van der Waals surface area contributed by atoms with Crippen molar-refractivity contribution >= 4 is 11.9 Å². The summed E-state index contributed by atoms with van der Waals surface area (Å²) in [7, 11) is 8.77. The third kappa shape index (κ3) is 7.36. The van der Waals surface area contributed by atoms with Gasteiger partial charge in [0.1, 0.15) is 0 Å². The number of carbonyl (C=O) groups is 2. The molecule has 0 atom stereocenters. The van der Waals surface area contributed by atoms with Gasteiger partial charge in [0.05, 0.1) is 23.5 Å². The summed E-state index contributed by atoms with van der Waals surface area (Å²) in [4.78, 5) is 30.5. The maximum atomic E-state index is 10.5. The van der Waals surface area contributed by atoms with Crippen LogP contribution in [0.1, 0.15) is 47.4 Å². The molecule has 8 heteroatoms. The Hall–Kier alpha value is -2.00. The lowest BCUT2D eigenvalue weighted by molar-refractivity contribution is 0.0651. The van der Waals surface area contributed by atoms with Gasteiger partial charge < -0.3 is 10.2 Å².